The molecule has 0 amide bonds. The number of aliphatic hydroxyl groups is 8. The molecule has 4 aliphatic heterocycles. The first-order chi connectivity index (χ1) is 26.2. The Balaban J connectivity index is 1.01. The van der Waals surface area contributed by atoms with Gasteiger partial charge in [0.25, 0.3) is 0 Å². The molecular formula is C42H68O14. The Hall–Kier alpha value is -0.820. The average Bonchev–Trinajstić information content (AvgIpc) is 3.67. The lowest BCUT2D eigenvalue weighted by molar-refractivity contribution is -0.370. The molecule has 8 rings (SSSR count). The van der Waals surface area contributed by atoms with E-state index in [1.165, 1.54) is 5.57 Å². The molecule has 4 saturated carbocycles. The van der Waals surface area contributed by atoms with E-state index in [-0.39, 0.29) is 45.5 Å². The zero-order valence-electron chi connectivity index (χ0n) is 34.1. The maximum atomic E-state index is 12.3. The summed E-state index contributed by atoms with van der Waals surface area (Å²) in [7, 11) is 0. The van der Waals surface area contributed by atoms with E-state index in [1.54, 1.807) is 0 Å². The molecule has 56 heavy (non-hydrogen) atoms. The molecule has 8 fully saturated rings. The molecule has 2 bridgehead atoms. The highest BCUT2D eigenvalue weighted by Gasteiger charge is 2.81. The molecule has 21 atom stereocenters. The van der Waals surface area contributed by atoms with Crippen molar-refractivity contribution in [2.24, 2.45) is 51.2 Å². The number of ether oxygens (including phenoxy) is 6. The van der Waals surface area contributed by atoms with Crippen molar-refractivity contribution in [2.45, 2.75) is 172 Å². The van der Waals surface area contributed by atoms with Crippen LogP contribution in [-0.2, 0) is 28.4 Å². The Morgan fingerprint density at radius 1 is 0.732 bits per heavy atom. The maximum absolute atomic E-state index is 12.3. The van der Waals surface area contributed by atoms with Crippen molar-refractivity contribution in [1.82, 2.24) is 0 Å². The van der Waals surface area contributed by atoms with Gasteiger partial charge in [-0.1, -0.05) is 39.3 Å². The Kier molecular flexibility index (Phi) is 10.6. The van der Waals surface area contributed by atoms with Crippen LogP contribution in [0.15, 0.2) is 11.6 Å². The number of hydrogen-bond donors (Lipinski definition) is 8. The molecule has 4 heterocycles. The summed E-state index contributed by atoms with van der Waals surface area (Å²) < 4.78 is 37.5. The molecular weight excluding hydrogens is 728 g/mol. The summed E-state index contributed by atoms with van der Waals surface area (Å²) in [6, 6.07) is 0. The third-order valence-electron chi connectivity index (χ3n) is 17.3. The maximum Gasteiger partial charge on any atom is 0.187 e. The Labute approximate surface area is 330 Å². The van der Waals surface area contributed by atoms with Crippen LogP contribution in [0.2, 0.25) is 0 Å². The van der Waals surface area contributed by atoms with Gasteiger partial charge >= 0.3 is 0 Å². The lowest BCUT2D eigenvalue weighted by atomic mass is 9.35. The first-order valence-electron chi connectivity index (χ1n) is 21.1. The third kappa shape index (κ3) is 5.79. The Morgan fingerprint density at radius 2 is 1.39 bits per heavy atom. The molecule has 0 aromatic heterocycles. The van der Waals surface area contributed by atoms with Crippen LogP contribution < -0.4 is 0 Å². The van der Waals surface area contributed by atoms with Crippen LogP contribution in [0, 0.1) is 51.2 Å². The van der Waals surface area contributed by atoms with Gasteiger partial charge in [0.15, 0.2) is 18.4 Å². The first-order valence-corrected chi connectivity index (χ1v) is 21.1. The van der Waals surface area contributed by atoms with Gasteiger partial charge in [-0.2, -0.15) is 0 Å². The van der Waals surface area contributed by atoms with Crippen molar-refractivity contribution < 1.29 is 69.3 Å². The predicted octanol–water partition coefficient (Wildman–Crippen LogP) is 1.36. The van der Waals surface area contributed by atoms with Crippen molar-refractivity contribution in [1.29, 1.82) is 0 Å². The van der Waals surface area contributed by atoms with Crippen LogP contribution in [0.25, 0.3) is 0 Å². The summed E-state index contributed by atoms with van der Waals surface area (Å²) in [5.41, 5.74) is -0.302. The fourth-order valence-corrected chi connectivity index (χ4v) is 14.6. The number of hydrogen-bond acceptors (Lipinski definition) is 14. The molecule has 8 N–H and O–H groups in total. The highest BCUT2D eigenvalue weighted by atomic mass is 16.7. The topological polar surface area (TPSA) is 217 Å². The minimum Gasteiger partial charge on any atom is -0.394 e. The molecule has 2 spiro atoms. The zero-order chi connectivity index (χ0) is 40.5. The summed E-state index contributed by atoms with van der Waals surface area (Å²) in [4.78, 5) is 0. The highest BCUT2D eigenvalue weighted by Crippen LogP contribution is 2.80. The van der Waals surface area contributed by atoms with E-state index in [4.69, 9.17) is 28.4 Å². The SMILES string of the molecule is CC(C)=CC1COC23CC4(CO2)C(CCC2C5(C)CCC(OC6OC(CO)C(O)C(OC7OC(CO)C(O)C(O)C7O)C6O)C(C)(C)C5CCC24C)C3C1(C)O. The zero-order valence-corrected chi connectivity index (χ0v) is 34.1. The first kappa shape index (κ1) is 41.9. The highest BCUT2D eigenvalue weighted by molar-refractivity contribution is 5.27. The lowest BCUT2D eigenvalue weighted by Crippen LogP contribution is -2.68. The van der Waals surface area contributed by atoms with Crippen LogP contribution in [0.5, 0.6) is 0 Å². The molecule has 8 aliphatic rings. The number of fused-ring (bicyclic) bond motifs is 4. The van der Waals surface area contributed by atoms with Crippen LogP contribution in [0.4, 0.5) is 0 Å². The minimum atomic E-state index is -1.75. The predicted molar refractivity (Wildman–Crippen MR) is 198 cm³/mol. The largest absolute Gasteiger partial charge is 0.394 e. The fourth-order valence-electron chi connectivity index (χ4n) is 14.6. The smallest absolute Gasteiger partial charge is 0.187 e. The fraction of sp³-hybridized carbons (Fsp3) is 0.952. The Morgan fingerprint density at radius 3 is 2.05 bits per heavy atom. The molecule has 4 saturated heterocycles. The van der Waals surface area contributed by atoms with Gasteiger partial charge in [0.1, 0.15) is 48.8 Å². The molecule has 0 aromatic carbocycles. The van der Waals surface area contributed by atoms with Gasteiger partial charge in [-0.3, -0.25) is 0 Å². The van der Waals surface area contributed by atoms with Crippen LogP contribution in [-0.4, -0.2) is 146 Å². The normalized spacial score (nSPS) is 57.4. The van der Waals surface area contributed by atoms with E-state index in [0.29, 0.717) is 31.5 Å². The number of rotatable bonds is 7. The molecule has 0 aromatic rings. The third-order valence-corrected chi connectivity index (χ3v) is 17.3. The average molecular weight is 797 g/mol. The summed E-state index contributed by atoms with van der Waals surface area (Å²) in [5.74, 6) is 0.0262. The van der Waals surface area contributed by atoms with Crippen molar-refractivity contribution in [2.75, 3.05) is 26.4 Å². The summed E-state index contributed by atoms with van der Waals surface area (Å²) in [5, 5.41) is 86.1. The summed E-state index contributed by atoms with van der Waals surface area (Å²) >= 11 is 0. The second-order valence-corrected chi connectivity index (χ2v) is 20.5. The van der Waals surface area contributed by atoms with Gasteiger partial charge in [0, 0.05) is 23.7 Å². The quantitative estimate of drug-likeness (QED) is 0.135. The second-order valence-electron chi connectivity index (χ2n) is 20.5. The lowest BCUT2D eigenvalue weighted by Gasteiger charge is -2.70. The number of allylic oxidation sites excluding steroid dienone is 1. The van der Waals surface area contributed by atoms with Gasteiger partial charge < -0.3 is 69.3 Å². The summed E-state index contributed by atoms with van der Waals surface area (Å²) in [6.45, 7) is 15.4. The molecule has 14 heteroatoms. The number of aliphatic hydroxyl groups excluding tert-OH is 7. The molecule has 320 valence electrons. The van der Waals surface area contributed by atoms with Crippen molar-refractivity contribution in [3.63, 3.8) is 0 Å². The standard InChI is InChI=1S/C42H68O14/c1-20(2)14-21-17-51-42-18-41(19-52-42)22(34(42)40(21,7)50)8-9-26-38(5)12-11-27(37(3,4)25(38)10-13-39(26,41)6)55-36-32(49)33(29(46)24(16-44)54-36)56-35-31(48)30(47)28(45)23(15-43)53-35/h14,21-36,43-50H,8-13,15-19H2,1-7H3. The van der Waals surface area contributed by atoms with Crippen molar-refractivity contribution in [3.8, 4) is 0 Å². The van der Waals surface area contributed by atoms with Crippen LogP contribution in [0.1, 0.15) is 93.4 Å². The van der Waals surface area contributed by atoms with Crippen LogP contribution >= 0.6 is 0 Å². The Bertz CT molecular complexity index is 1500. The van der Waals surface area contributed by atoms with Gasteiger partial charge in [-0.15, -0.1) is 0 Å². The van der Waals surface area contributed by atoms with E-state index in [2.05, 4.69) is 47.6 Å². The van der Waals surface area contributed by atoms with E-state index in [0.717, 1.165) is 38.5 Å². The molecule has 21 unspecified atom stereocenters. The van der Waals surface area contributed by atoms with E-state index in [1.807, 2.05) is 6.92 Å². The van der Waals surface area contributed by atoms with E-state index >= 15 is 0 Å². The van der Waals surface area contributed by atoms with Crippen LogP contribution in [0.3, 0.4) is 0 Å². The molecule has 0 radical (unpaired) electrons. The van der Waals surface area contributed by atoms with E-state index < -0.39 is 86.0 Å². The van der Waals surface area contributed by atoms with Gasteiger partial charge in [0.2, 0.25) is 0 Å². The minimum absolute atomic E-state index is 0.0284. The van der Waals surface area contributed by atoms with Crippen molar-refractivity contribution in [3.05, 3.63) is 11.6 Å². The van der Waals surface area contributed by atoms with E-state index in [9.17, 15) is 40.9 Å². The van der Waals surface area contributed by atoms with Gasteiger partial charge in [-0.25, -0.2) is 0 Å². The molecule has 14 nitrogen and oxygen atoms in total. The van der Waals surface area contributed by atoms with Gasteiger partial charge in [0.05, 0.1) is 38.1 Å². The van der Waals surface area contributed by atoms with Crippen molar-refractivity contribution >= 4 is 0 Å². The molecule has 4 aliphatic carbocycles. The second kappa shape index (κ2) is 14.1. The van der Waals surface area contributed by atoms with Gasteiger partial charge in [-0.05, 0) is 93.3 Å². The monoisotopic (exact) mass is 796 g/mol. The summed E-state index contributed by atoms with van der Waals surface area (Å²) in [6.07, 6.45) is -6.79.